The molecule has 1 saturated heterocycles. The fraction of sp³-hybridized carbons (Fsp3) is 1.00. The Kier molecular flexibility index (Phi) is 5.63. The van der Waals surface area contributed by atoms with E-state index in [0.717, 1.165) is 32.2 Å². The quantitative estimate of drug-likeness (QED) is 0.711. The lowest BCUT2D eigenvalue weighted by Crippen LogP contribution is -2.52. The molecule has 2 aliphatic rings. The van der Waals surface area contributed by atoms with Gasteiger partial charge in [-0.25, -0.2) is 0 Å². The average Bonchev–Trinajstić information content (AvgIpc) is 3.20. The third kappa shape index (κ3) is 4.42. The summed E-state index contributed by atoms with van der Waals surface area (Å²) in [7, 11) is 1.72. The SMILES string of the molecule is COCCOCCN1CC(C)(C2CC2)NCCC1C. The Morgan fingerprint density at radius 2 is 2.00 bits per heavy atom. The Hall–Kier alpha value is -0.160. The van der Waals surface area contributed by atoms with Gasteiger partial charge in [-0.2, -0.15) is 0 Å². The molecule has 1 saturated carbocycles. The molecular weight excluding hydrogens is 240 g/mol. The van der Waals surface area contributed by atoms with E-state index >= 15 is 0 Å². The predicted molar refractivity (Wildman–Crippen MR) is 77.5 cm³/mol. The van der Waals surface area contributed by atoms with E-state index in [4.69, 9.17) is 9.47 Å². The molecule has 1 heterocycles. The summed E-state index contributed by atoms with van der Waals surface area (Å²) < 4.78 is 10.6. The standard InChI is InChI=1S/C15H30N2O2/c1-13-6-7-16-15(2,14-4-5-14)12-17(13)8-9-19-11-10-18-3/h13-14,16H,4-12H2,1-3H3. The molecule has 2 atom stereocenters. The van der Waals surface area contributed by atoms with Crippen LogP contribution in [0.4, 0.5) is 0 Å². The molecule has 1 N–H and O–H groups in total. The van der Waals surface area contributed by atoms with Gasteiger partial charge in [0.1, 0.15) is 0 Å². The van der Waals surface area contributed by atoms with Crippen molar-refractivity contribution >= 4 is 0 Å². The molecule has 1 aliphatic heterocycles. The van der Waals surface area contributed by atoms with E-state index in [1.807, 2.05) is 0 Å². The Labute approximate surface area is 117 Å². The summed E-state index contributed by atoms with van der Waals surface area (Å²) in [5, 5.41) is 3.79. The summed E-state index contributed by atoms with van der Waals surface area (Å²) in [5.74, 6) is 0.884. The van der Waals surface area contributed by atoms with Gasteiger partial charge in [0.2, 0.25) is 0 Å². The van der Waals surface area contributed by atoms with Crippen molar-refractivity contribution in [1.29, 1.82) is 0 Å². The molecule has 2 fully saturated rings. The minimum Gasteiger partial charge on any atom is -0.382 e. The Bertz CT molecular complexity index is 271. The summed E-state index contributed by atoms with van der Waals surface area (Å²) in [5.41, 5.74) is 0.317. The zero-order valence-electron chi connectivity index (χ0n) is 12.8. The third-order valence-corrected chi connectivity index (χ3v) is 4.68. The molecule has 4 nitrogen and oxygen atoms in total. The van der Waals surface area contributed by atoms with Gasteiger partial charge in [-0.05, 0) is 45.6 Å². The molecule has 0 radical (unpaired) electrons. The highest BCUT2D eigenvalue weighted by atomic mass is 16.5. The first-order valence-electron chi connectivity index (χ1n) is 7.71. The van der Waals surface area contributed by atoms with Gasteiger partial charge in [-0.3, -0.25) is 4.90 Å². The first kappa shape index (κ1) is 15.2. The minimum atomic E-state index is 0.317. The van der Waals surface area contributed by atoms with Crippen LogP contribution in [0.5, 0.6) is 0 Å². The monoisotopic (exact) mass is 270 g/mol. The van der Waals surface area contributed by atoms with Crippen LogP contribution in [0.3, 0.4) is 0 Å². The van der Waals surface area contributed by atoms with E-state index < -0.39 is 0 Å². The molecule has 19 heavy (non-hydrogen) atoms. The number of ether oxygens (including phenoxy) is 2. The molecule has 1 aliphatic carbocycles. The summed E-state index contributed by atoms with van der Waals surface area (Å²) in [6.45, 7) is 10.3. The van der Waals surface area contributed by atoms with E-state index in [-0.39, 0.29) is 0 Å². The van der Waals surface area contributed by atoms with Crippen molar-refractivity contribution < 1.29 is 9.47 Å². The fourth-order valence-corrected chi connectivity index (χ4v) is 3.10. The number of methoxy groups -OCH3 is 1. The van der Waals surface area contributed by atoms with Crippen molar-refractivity contribution in [3.8, 4) is 0 Å². The second-order valence-corrected chi connectivity index (χ2v) is 6.33. The second kappa shape index (κ2) is 7.02. The Balaban J connectivity index is 1.78. The summed E-state index contributed by atoms with van der Waals surface area (Å²) in [6.07, 6.45) is 4.03. The number of rotatable bonds is 7. The number of nitrogens with zero attached hydrogens (tertiary/aromatic N) is 1. The minimum absolute atomic E-state index is 0.317. The van der Waals surface area contributed by atoms with Crippen molar-refractivity contribution in [3.63, 3.8) is 0 Å². The van der Waals surface area contributed by atoms with Crippen LogP contribution in [0.15, 0.2) is 0 Å². The smallest absolute Gasteiger partial charge is 0.0700 e. The predicted octanol–water partition coefficient (Wildman–Crippen LogP) is 1.50. The molecule has 0 bridgehead atoms. The van der Waals surface area contributed by atoms with Gasteiger partial charge in [0, 0.05) is 31.8 Å². The zero-order chi connectivity index (χ0) is 13.7. The van der Waals surface area contributed by atoms with Gasteiger partial charge >= 0.3 is 0 Å². The Morgan fingerprint density at radius 3 is 2.68 bits per heavy atom. The van der Waals surface area contributed by atoms with Gasteiger partial charge in [0.15, 0.2) is 0 Å². The van der Waals surface area contributed by atoms with Crippen LogP contribution in [0.2, 0.25) is 0 Å². The third-order valence-electron chi connectivity index (χ3n) is 4.68. The van der Waals surface area contributed by atoms with E-state index in [9.17, 15) is 0 Å². The van der Waals surface area contributed by atoms with E-state index in [1.54, 1.807) is 7.11 Å². The topological polar surface area (TPSA) is 33.7 Å². The normalized spacial score (nSPS) is 33.3. The second-order valence-electron chi connectivity index (χ2n) is 6.33. The Morgan fingerprint density at radius 1 is 1.21 bits per heavy atom. The summed E-state index contributed by atoms with van der Waals surface area (Å²) >= 11 is 0. The van der Waals surface area contributed by atoms with Crippen molar-refractivity contribution in [2.24, 2.45) is 5.92 Å². The summed E-state index contributed by atoms with van der Waals surface area (Å²) in [4.78, 5) is 2.60. The lowest BCUT2D eigenvalue weighted by molar-refractivity contribution is 0.0464. The molecule has 0 spiro atoms. The molecule has 0 aromatic carbocycles. The van der Waals surface area contributed by atoms with Gasteiger partial charge in [-0.1, -0.05) is 0 Å². The van der Waals surface area contributed by atoms with Crippen LogP contribution >= 0.6 is 0 Å². The highest BCUT2D eigenvalue weighted by Crippen LogP contribution is 2.40. The molecule has 2 unspecified atom stereocenters. The number of hydrogen-bond acceptors (Lipinski definition) is 4. The molecule has 0 aromatic heterocycles. The van der Waals surface area contributed by atoms with Crippen molar-refractivity contribution in [2.75, 3.05) is 46.6 Å². The maximum Gasteiger partial charge on any atom is 0.0700 e. The molecule has 0 amide bonds. The highest BCUT2D eigenvalue weighted by Gasteiger charge is 2.43. The maximum absolute atomic E-state index is 5.62. The zero-order valence-corrected chi connectivity index (χ0v) is 12.8. The van der Waals surface area contributed by atoms with Crippen LogP contribution in [0.1, 0.15) is 33.1 Å². The van der Waals surface area contributed by atoms with Crippen LogP contribution in [-0.4, -0.2) is 63.0 Å². The average molecular weight is 270 g/mol. The molecule has 4 heteroatoms. The molecule has 0 aromatic rings. The van der Waals surface area contributed by atoms with E-state index in [1.165, 1.54) is 19.3 Å². The van der Waals surface area contributed by atoms with Crippen molar-refractivity contribution in [1.82, 2.24) is 10.2 Å². The summed E-state index contributed by atoms with van der Waals surface area (Å²) in [6, 6.07) is 0.652. The first-order valence-corrected chi connectivity index (χ1v) is 7.71. The lowest BCUT2D eigenvalue weighted by atomic mass is 9.95. The van der Waals surface area contributed by atoms with Crippen molar-refractivity contribution in [2.45, 2.75) is 44.7 Å². The fourth-order valence-electron chi connectivity index (χ4n) is 3.10. The van der Waals surface area contributed by atoms with Gasteiger partial charge in [0.05, 0.1) is 19.8 Å². The van der Waals surface area contributed by atoms with Gasteiger partial charge in [0.25, 0.3) is 0 Å². The van der Waals surface area contributed by atoms with Crippen LogP contribution in [0, 0.1) is 5.92 Å². The van der Waals surface area contributed by atoms with Gasteiger partial charge in [-0.15, -0.1) is 0 Å². The van der Waals surface area contributed by atoms with Crippen LogP contribution in [0.25, 0.3) is 0 Å². The maximum atomic E-state index is 5.62. The van der Waals surface area contributed by atoms with E-state index in [2.05, 4.69) is 24.1 Å². The van der Waals surface area contributed by atoms with Crippen LogP contribution < -0.4 is 5.32 Å². The number of nitrogens with one attached hydrogen (secondary N) is 1. The highest BCUT2D eigenvalue weighted by molar-refractivity contribution is 5.01. The van der Waals surface area contributed by atoms with Gasteiger partial charge < -0.3 is 14.8 Å². The van der Waals surface area contributed by atoms with Crippen LogP contribution in [-0.2, 0) is 9.47 Å². The molecule has 2 rings (SSSR count). The number of hydrogen-bond donors (Lipinski definition) is 1. The van der Waals surface area contributed by atoms with E-state index in [0.29, 0.717) is 24.8 Å². The first-order chi connectivity index (χ1) is 9.15. The molecular formula is C15H30N2O2. The lowest BCUT2D eigenvalue weighted by Gasteiger charge is -2.35. The van der Waals surface area contributed by atoms with Crippen molar-refractivity contribution in [3.05, 3.63) is 0 Å². The molecule has 112 valence electrons. The largest absolute Gasteiger partial charge is 0.382 e.